The minimum absolute atomic E-state index is 1.28. The Morgan fingerprint density at radius 2 is 1.41 bits per heavy atom. The normalized spacial score (nSPS) is 11.9. The van der Waals surface area contributed by atoms with E-state index in [1.54, 1.807) is 0 Å². The van der Waals surface area contributed by atoms with Gasteiger partial charge in [0.1, 0.15) is 0 Å². The topological polar surface area (TPSA) is 0 Å². The lowest BCUT2D eigenvalue weighted by molar-refractivity contribution is 1.73. The first kappa shape index (κ1) is 12.9. The minimum Gasteiger partial charge on any atom is -0.143 e. The number of hydrogen-bond donors (Lipinski definition) is 0. The number of fused-ring (bicyclic) bond motifs is 6. The summed E-state index contributed by atoms with van der Waals surface area (Å²) < 4.78 is 2.67. The van der Waals surface area contributed by atoms with Crippen LogP contribution in [0.1, 0.15) is 0 Å². The van der Waals surface area contributed by atoms with E-state index in [1.165, 1.54) is 46.0 Å². The first-order chi connectivity index (χ1) is 10.8. The lowest BCUT2D eigenvalue weighted by Crippen LogP contribution is -1.81. The Labute approximate surface area is 145 Å². The van der Waals surface area contributed by atoms with Gasteiger partial charge in [-0.1, -0.05) is 30.3 Å². The molecule has 5 rings (SSSR count). The zero-order valence-electron chi connectivity index (χ0n) is 11.6. The number of rotatable bonds is 0. The van der Waals surface area contributed by atoms with Gasteiger partial charge in [0.25, 0.3) is 0 Å². The molecule has 0 aliphatic carbocycles. The zero-order valence-corrected chi connectivity index (χ0v) is 14.6. The van der Waals surface area contributed by atoms with Crippen LogP contribution < -0.4 is 0 Å². The molecular weight excluding hydrogens is 399 g/mol. The second-order valence-electron chi connectivity index (χ2n) is 5.63. The van der Waals surface area contributed by atoms with Crippen LogP contribution in [0.2, 0.25) is 0 Å². The smallest absolute Gasteiger partial charge is 0.0421 e. The molecule has 0 saturated carbocycles. The van der Waals surface area contributed by atoms with Crippen molar-refractivity contribution in [3.63, 3.8) is 0 Å². The molecule has 2 heteroatoms. The van der Waals surface area contributed by atoms with E-state index in [0.717, 1.165) is 0 Å². The number of halogens is 1. The van der Waals surface area contributed by atoms with Gasteiger partial charge >= 0.3 is 0 Å². The average molecular weight is 410 g/mol. The molecule has 0 nitrogen and oxygen atoms in total. The Balaban J connectivity index is 2.00. The Morgan fingerprint density at radius 3 is 2.36 bits per heavy atom. The number of benzene rings is 4. The highest BCUT2D eigenvalue weighted by Gasteiger charge is 2.07. The largest absolute Gasteiger partial charge is 0.143 e. The summed E-state index contributed by atoms with van der Waals surface area (Å²) in [6.45, 7) is 0. The SMILES string of the molecule is Ic1ccc2cc3c(ccc4c3ccc3ccsc34)cc2c1. The lowest BCUT2D eigenvalue weighted by Gasteiger charge is -2.07. The molecule has 0 fully saturated rings. The van der Waals surface area contributed by atoms with E-state index in [-0.39, 0.29) is 0 Å². The van der Waals surface area contributed by atoms with Crippen molar-refractivity contribution >= 4 is 76.3 Å². The van der Waals surface area contributed by atoms with E-state index in [0.29, 0.717) is 0 Å². The third-order valence-corrected chi connectivity index (χ3v) is 5.98. The highest BCUT2D eigenvalue weighted by molar-refractivity contribution is 14.1. The molecule has 0 unspecified atom stereocenters. The predicted octanol–water partition coefficient (Wildman–Crippen LogP) is 6.97. The maximum Gasteiger partial charge on any atom is 0.0421 e. The molecule has 22 heavy (non-hydrogen) atoms. The fourth-order valence-electron chi connectivity index (χ4n) is 3.29. The molecule has 0 aliphatic rings. The molecule has 0 aliphatic heterocycles. The number of thiophene rings is 1. The minimum atomic E-state index is 1.28. The summed E-state index contributed by atoms with van der Waals surface area (Å²) in [5.41, 5.74) is 0. The van der Waals surface area contributed by atoms with Crippen molar-refractivity contribution in [2.24, 2.45) is 0 Å². The van der Waals surface area contributed by atoms with Crippen LogP contribution in [0, 0.1) is 3.57 Å². The van der Waals surface area contributed by atoms with Crippen molar-refractivity contribution < 1.29 is 0 Å². The molecule has 1 aromatic heterocycles. The Kier molecular flexibility index (Phi) is 2.73. The van der Waals surface area contributed by atoms with E-state index in [4.69, 9.17) is 0 Å². The molecule has 0 amide bonds. The second-order valence-corrected chi connectivity index (χ2v) is 7.79. The molecule has 0 bridgehead atoms. The molecule has 0 radical (unpaired) electrons. The summed E-state index contributed by atoms with van der Waals surface area (Å²) in [5, 5.41) is 11.5. The average Bonchev–Trinajstić information content (AvgIpc) is 3.01. The first-order valence-electron chi connectivity index (χ1n) is 7.21. The Hall–Kier alpha value is -1.65. The zero-order chi connectivity index (χ0) is 14.7. The molecular formula is C20H11IS. The summed E-state index contributed by atoms with van der Waals surface area (Å²) in [6, 6.07) is 22.5. The van der Waals surface area contributed by atoms with Gasteiger partial charge in [-0.05, 0) is 90.6 Å². The first-order valence-corrected chi connectivity index (χ1v) is 9.17. The van der Waals surface area contributed by atoms with E-state index in [1.807, 2.05) is 11.3 Å². The summed E-state index contributed by atoms with van der Waals surface area (Å²) in [4.78, 5) is 0. The van der Waals surface area contributed by atoms with Gasteiger partial charge < -0.3 is 0 Å². The van der Waals surface area contributed by atoms with Crippen LogP contribution in [0.25, 0.3) is 42.4 Å². The fourth-order valence-corrected chi connectivity index (χ4v) is 4.73. The second kappa shape index (κ2) is 4.67. The third-order valence-electron chi connectivity index (χ3n) is 4.35. The predicted molar refractivity (Wildman–Crippen MR) is 107 cm³/mol. The van der Waals surface area contributed by atoms with Gasteiger partial charge in [0, 0.05) is 13.7 Å². The van der Waals surface area contributed by atoms with Crippen LogP contribution >= 0.6 is 33.9 Å². The van der Waals surface area contributed by atoms with Gasteiger partial charge in [0.05, 0.1) is 0 Å². The summed E-state index contributed by atoms with van der Waals surface area (Å²) >= 11 is 4.21. The maximum absolute atomic E-state index is 2.38. The summed E-state index contributed by atoms with van der Waals surface area (Å²) in [6.07, 6.45) is 0. The van der Waals surface area contributed by atoms with Crippen molar-refractivity contribution in [1.82, 2.24) is 0 Å². The van der Waals surface area contributed by atoms with Crippen molar-refractivity contribution in [3.8, 4) is 0 Å². The van der Waals surface area contributed by atoms with Crippen molar-refractivity contribution in [3.05, 3.63) is 69.6 Å². The van der Waals surface area contributed by atoms with E-state index >= 15 is 0 Å². The monoisotopic (exact) mass is 410 g/mol. The van der Waals surface area contributed by atoms with Crippen LogP contribution in [0.15, 0.2) is 66.0 Å². The van der Waals surface area contributed by atoms with Crippen LogP contribution in [0.3, 0.4) is 0 Å². The third kappa shape index (κ3) is 1.80. The van der Waals surface area contributed by atoms with Gasteiger partial charge in [-0.25, -0.2) is 0 Å². The molecule has 5 aromatic rings. The van der Waals surface area contributed by atoms with E-state index < -0.39 is 0 Å². The maximum atomic E-state index is 2.38. The van der Waals surface area contributed by atoms with Gasteiger partial charge in [0.15, 0.2) is 0 Å². The standard InChI is InChI=1S/C20H11IS/c21-16-4-1-13-11-19-14(9-15(13)10-16)3-6-18-17(19)5-2-12-7-8-22-20(12)18/h1-11H. The van der Waals surface area contributed by atoms with Gasteiger partial charge in [-0.15, -0.1) is 11.3 Å². The molecule has 1 heterocycles. The Morgan fingerprint density at radius 1 is 0.591 bits per heavy atom. The van der Waals surface area contributed by atoms with Gasteiger partial charge in [-0.3, -0.25) is 0 Å². The van der Waals surface area contributed by atoms with Gasteiger partial charge in [0.2, 0.25) is 0 Å². The molecule has 104 valence electrons. The van der Waals surface area contributed by atoms with Crippen molar-refractivity contribution in [2.75, 3.05) is 0 Å². The highest BCUT2D eigenvalue weighted by Crippen LogP contribution is 2.35. The molecule has 0 spiro atoms. The van der Waals surface area contributed by atoms with Crippen LogP contribution in [0.4, 0.5) is 0 Å². The molecule has 0 atom stereocenters. The van der Waals surface area contributed by atoms with Crippen LogP contribution in [-0.2, 0) is 0 Å². The Bertz CT molecular complexity index is 1180. The summed E-state index contributed by atoms with van der Waals surface area (Å²) in [7, 11) is 0. The number of hydrogen-bond acceptors (Lipinski definition) is 1. The van der Waals surface area contributed by atoms with Gasteiger partial charge in [-0.2, -0.15) is 0 Å². The highest BCUT2D eigenvalue weighted by atomic mass is 127. The van der Waals surface area contributed by atoms with E-state index in [2.05, 4.69) is 88.6 Å². The molecule has 4 aromatic carbocycles. The van der Waals surface area contributed by atoms with Crippen LogP contribution in [0.5, 0.6) is 0 Å². The lowest BCUT2D eigenvalue weighted by atomic mass is 9.98. The van der Waals surface area contributed by atoms with E-state index in [9.17, 15) is 0 Å². The summed E-state index contributed by atoms with van der Waals surface area (Å²) in [5.74, 6) is 0. The van der Waals surface area contributed by atoms with Crippen molar-refractivity contribution in [1.29, 1.82) is 0 Å². The molecule has 0 saturated heterocycles. The quantitative estimate of drug-likeness (QED) is 0.147. The molecule has 0 N–H and O–H groups in total. The fraction of sp³-hybridized carbons (Fsp3) is 0. The van der Waals surface area contributed by atoms with Crippen molar-refractivity contribution in [2.45, 2.75) is 0 Å². The van der Waals surface area contributed by atoms with Crippen LogP contribution in [-0.4, -0.2) is 0 Å².